The van der Waals surface area contributed by atoms with Crippen molar-refractivity contribution >= 4 is 12.0 Å². The number of Topliss-reactive ketones (excluding diaryl/α,β-unsaturated/α-hetero) is 1. The fourth-order valence-electron chi connectivity index (χ4n) is 1.03. The maximum Gasteiger partial charge on any atom is 0.149 e. The maximum absolute atomic E-state index is 10.7. The topological polar surface area (TPSA) is 20.1 Å². The Hall–Kier alpha value is -0.660. The van der Waals surface area contributed by atoms with Crippen LogP contribution in [0.5, 0.6) is 0 Å². The zero-order chi connectivity index (χ0) is 6.69. The van der Waals surface area contributed by atoms with Gasteiger partial charge in [0.05, 0.1) is 12.8 Å². The Morgan fingerprint density at radius 2 is 2.00 bits per heavy atom. The van der Waals surface area contributed by atoms with E-state index in [9.17, 15) is 4.79 Å². The highest BCUT2D eigenvalue weighted by Gasteiger charge is 2.15. The van der Waals surface area contributed by atoms with Crippen LogP contribution in [0.3, 0.4) is 0 Å². The average molecular weight is 126 g/mol. The van der Waals surface area contributed by atoms with Crippen molar-refractivity contribution in [1.29, 1.82) is 0 Å². The summed E-state index contributed by atoms with van der Waals surface area (Å²) in [5.41, 5.74) is 0. The summed E-state index contributed by atoms with van der Waals surface area (Å²) in [4.78, 5) is 10.7. The normalized spacial score (nSPS) is 20.1. The van der Waals surface area contributed by atoms with Crippen LogP contribution in [0.15, 0.2) is 0 Å². The third-order valence-corrected chi connectivity index (χ3v) is 1.72. The molecule has 1 saturated heterocycles. The van der Waals surface area contributed by atoms with Crippen LogP contribution in [0.25, 0.3) is 0 Å². The average Bonchev–Trinajstić information content (AvgIpc) is 1.90. The molecular weight excluding hydrogens is 114 g/mol. The van der Waals surface area contributed by atoms with Crippen LogP contribution < -0.4 is 0 Å². The first kappa shape index (κ1) is 6.46. The first-order valence-corrected chi connectivity index (χ1v) is 3.38. The molecule has 1 rings (SSSR count). The lowest BCUT2D eigenvalue weighted by Gasteiger charge is -2.07. The van der Waals surface area contributed by atoms with Gasteiger partial charge in [-0.2, -0.15) is 0 Å². The second-order valence-electron chi connectivity index (χ2n) is 2.33. The molecule has 50 valence electrons. The van der Waals surface area contributed by atoms with Gasteiger partial charge in [0, 0.05) is 6.92 Å². The molecule has 1 aliphatic rings. The molecule has 0 N–H and O–H groups in total. The Labute approximate surface area is 55.2 Å². The minimum Gasteiger partial charge on any atom is -0.299 e. The van der Waals surface area contributed by atoms with E-state index in [1.54, 1.807) is 0 Å². The largest absolute Gasteiger partial charge is 0.299 e. The van der Waals surface area contributed by atoms with Gasteiger partial charge < -0.3 is 0 Å². The summed E-state index contributed by atoms with van der Waals surface area (Å²) in [6.45, 7) is 3.86. The first-order chi connectivity index (χ1) is 4.33. The van der Waals surface area contributed by atoms with Crippen LogP contribution in [-0.2, 0) is 4.79 Å². The highest BCUT2D eigenvalue weighted by Crippen LogP contribution is 1.98. The van der Waals surface area contributed by atoms with E-state index in [0.29, 0.717) is 5.78 Å². The lowest BCUT2D eigenvalue weighted by molar-refractivity contribution is -0.526. The number of hydrogen-bond acceptors (Lipinski definition) is 1. The van der Waals surface area contributed by atoms with E-state index in [1.807, 2.05) is 13.1 Å². The van der Waals surface area contributed by atoms with Gasteiger partial charge in [-0.05, 0) is 0 Å². The monoisotopic (exact) mass is 126 g/mol. The van der Waals surface area contributed by atoms with Crippen LogP contribution in [-0.4, -0.2) is 29.7 Å². The summed E-state index contributed by atoms with van der Waals surface area (Å²) in [7, 11) is 0. The number of ketones is 1. The van der Waals surface area contributed by atoms with Gasteiger partial charge in [0.2, 0.25) is 0 Å². The second-order valence-corrected chi connectivity index (χ2v) is 2.33. The smallest absolute Gasteiger partial charge is 0.149 e. The predicted octanol–water partition coefficient (Wildman–Crippen LogP) is 0.453. The minimum absolute atomic E-state index is 0.410. The van der Waals surface area contributed by atoms with Crippen LogP contribution in [0.2, 0.25) is 0 Å². The van der Waals surface area contributed by atoms with E-state index in [1.165, 1.54) is 0 Å². The zero-order valence-electron chi connectivity index (χ0n) is 5.76. The minimum atomic E-state index is 0.410. The van der Waals surface area contributed by atoms with Crippen molar-refractivity contribution in [2.45, 2.75) is 19.8 Å². The van der Waals surface area contributed by atoms with Gasteiger partial charge in [0.1, 0.15) is 25.1 Å². The van der Waals surface area contributed by atoms with Gasteiger partial charge >= 0.3 is 0 Å². The number of nitrogens with zero attached hydrogens (tertiary/aromatic N) is 1. The first-order valence-electron chi connectivity index (χ1n) is 3.38. The Balaban J connectivity index is 2.44. The van der Waals surface area contributed by atoms with E-state index in [0.717, 1.165) is 25.9 Å². The van der Waals surface area contributed by atoms with Crippen molar-refractivity contribution in [2.75, 3.05) is 13.1 Å². The predicted molar refractivity (Wildman–Crippen MR) is 36.0 cm³/mol. The molecule has 0 radical (unpaired) electrons. The van der Waals surface area contributed by atoms with E-state index >= 15 is 0 Å². The van der Waals surface area contributed by atoms with Gasteiger partial charge in [0.15, 0.2) is 0 Å². The molecule has 0 amide bonds. The van der Waals surface area contributed by atoms with Crippen molar-refractivity contribution in [1.82, 2.24) is 0 Å². The summed E-state index contributed by atoms with van der Waals surface area (Å²) < 4.78 is 2.18. The number of hydrogen-bond donors (Lipinski definition) is 0. The molecule has 0 unspecified atom stereocenters. The van der Waals surface area contributed by atoms with Crippen molar-refractivity contribution in [2.24, 2.45) is 0 Å². The quantitative estimate of drug-likeness (QED) is 0.431. The third kappa shape index (κ3) is 1.63. The molecule has 1 fully saturated rings. The van der Waals surface area contributed by atoms with Crippen LogP contribution in [0, 0.1) is 0 Å². The van der Waals surface area contributed by atoms with Crippen LogP contribution >= 0.6 is 0 Å². The van der Waals surface area contributed by atoms with Crippen LogP contribution in [0.4, 0.5) is 0 Å². The molecule has 0 aliphatic carbocycles. The molecule has 9 heavy (non-hydrogen) atoms. The number of carbonyl (C=O) groups is 1. The van der Waals surface area contributed by atoms with Crippen molar-refractivity contribution in [3.05, 3.63) is 0 Å². The molecule has 2 heteroatoms. The summed E-state index contributed by atoms with van der Waals surface area (Å²) in [6, 6.07) is 0. The SMILES string of the molecule is CC=[N+]1CCC(=O)CC1. The molecule has 0 aromatic heterocycles. The fraction of sp³-hybridized carbons (Fsp3) is 0.714. The van der Waals surface area contributed by atoms with Crippen molar-refractivity contribution in [3.63, 3.8) is 0 Å². The number of piperidine rings is 1. The Bertz CT molecular complexity index is 137. The Morgan fingerprint density at radius 3 is 2.44 bits per heavy atom. The fourth-order valence-corrected chi connectivity index (χ4v) is 1.03. The van der Waals surface area contributed by atoms with E-state index < -0.39 is 0 Å². The summed E-state index contributed by atoms with van der Waals surface area (Å²) in [5.74, 6) is 0.410. The molecule has 0 spiro atoms. The third-order valence-electron chi connectivity index (χ3n) is 1.72. The lowest BCUT2D eigenvalue weighted by atomic mass is 10.1. The van der Waals surface area contributed by atoms with Gasteiger partial charge in [-0.25, -0.2) is 4.58 Å². The summed E-state index contributed by atoms with van der Waals surface area (Å²) in [6.07, 6.45) is 3.53. The van der Waals surface area contributed by atoms with Gasteiger partial charge in [0.25, 0.3) is 0 Å². The summed E-state index contributed by atoms with van der Waals surface area (Å²) >= 11 is 0. The summed E-state index contributed by atoms with van der Waals surface area (Å²) in [5, 5.41) is 0. The highest BCUT2D eigenvalue weighted by molar-refractivity contribution is 5.79. The van der Waals surface area contributed by atoms with E-state index in [-0.39, 0.29) is 0 Å². The molecule has 1 heterocycles. The molecule has 1 aliphatic heterocycles. The van der Waals surface area contributed by atoms with E-state index in [4.69, 9.17) is 0 Å². The van der Waals surface area contributed by atoms with Gasteiger partial charge in [-0.15, -0.1) is 0 Å². The molecule has 0 aromatic rings. The van der Waals surface area contributed by atoms with Crippen molar-refractivity contribution < 1.29 is 9.37 Å². The maximum atomic E-state index is 10.7. The van der Waals surface area contributed by atoms with Crippen molar-refractivity contribution in [3.8, 4) is 0 Å². The molecular formula is C7H12NO+. The Kier molecular flexibility index (Phi) is 1.98. The zero-order valence-corrected chi connectivity index (χ0v) is 5.76. The Morgan fingerprint density at radius 1 is 1.44 bits per heavy atom. The van der Waals surface area contributed by atoms with E-state index in [2.05, 4.69) is 4.58 Å². The highest BCUT2D eigenvalue weighted by atomic mass is 16.1. The lowest BCUT2D eigenvalue weighted by Crippen LogP contribution is -2.25. The molecule has 0 bridgehead atoms. The second kappa shape index (κ2) is 2.76. The van der Waals surface area contributed by atoms with Crippen LogP contribution in [0.1, 0.15) is 19.8 Å². The van der Waals surface area contributed by atoms with Gasteiger partial charge in [-0.1, -0.05) is 0 Å². The molecule has 2 nitrogen and oxygen atoms in total. The van der Waals surface area contributed by atoms with Gasteiger partial charge in [-0.3, -0.25) is 4.79 Å². The molecule has 0 saturated carbocycles. The number of carbonyl (C=O) groups excluding carboxylic acids is 1. The molecule has 0 atom stereocenters. The standard InChI is InChI=1S/C7H12NO/c1-2-8-5-3-7(9)4-6-8/h2H,3-6H2,1H3/q+1. The number of rotatable bonds is 0. The molecule has 0 aromatic carbocycles.